The third-order valence-electron chi connectivity index (χ3n) is 5.57. The number of hydrogen-bond donors (Lipinski definition) is 1. The number of nitro benzene ring substituents is 1. The van der Waals surface area contributed by atoms with Gasteiger partial charge in [0.2, 0.25) is 10.0 Å². The molecular weight excluding hydrogens is 432 g/mol. The second-order valence-electron chi connectivity index (χ2n) is 7.58. The van der Waals surface area contributed by atoms with Gasteiger partial charge in [-0.2, -0.15) is 4.31 Å². The van der Waals surface area contributed by atoms with Gasteiger partial charge in [-0.25, -0.2) is 8.42 Å². The first-order chi connectivity index (χ1) is 15.3. The lowest BCUT2D eigenvalue weighted by molar-refractivity contribution is -0.384. The number of nitrogens with one attached hydrogen (secondary N) is 1. The van der Waals surface area contributed by atoms with Crippen LogP contribution in [0.3, 0.4) is 0 Å². The Bertz CT molecular complexity index is 1090. The van der Waals surface area contributed by atoms with E-state index in [1.807, 2.05) is 0 Å². The molecule has 1 amide bonds. The standard InChI is InChI=1S/C22H28N4O5S/c1-3-25(4-2)32(30,31)19-10-8-9-17(15-19)23-22(27)20-16-18(26(28)29)11-12-21(20)24-13-6-5-7-14-24/h8-12,15-16H,3-7,13-14H2,1-2H3,(H,23,27). The van der Waals surface area contributed by atoms with E-state index in [-0.39, 0.29) is 16.1 Å². The highest BCUT2D eigenvalue weighted by Crippen LogP contribution is 2.29. The van der Waals surface area contributed by atoms with Crippen LogP contribution in [0, 0.1) is 10.1 Å². The molecule has 9 nitrogen and oxygen atoms in total. The van der Waals surface area contributed by atoms with E-state index >= 15 is 0 Å². The first-order valence-electron chi connectivity index (χ1n) is 10.7. The maximum Gasteiger partial charge on any atom is 0.270 e. The molecule has 1 heterocycles. The molecule has 0 unspecified atom stereocenters. The summed E-state index contributed by atoms with van der Waals surface area (Å²) in [5.74, 6) is -0.522. The molecule has 2 aromatic rings. The predicted molar refractivity (Wildman–Crippen MR) is 124 cm³/mol. The smallest absolute Gasteiger partial charge is 0.270 e. The molecule has 0 spiro atoms. The summed E-state index contributed by atoms with van der Waals surface area (Å²) in [6.45, 7) is 5.74. The fourth-order valence-corrected chi connectivity index (χ4v) is 5.38. The summed E-state index contributed by atoms with van der Waals surface area (Å²) < 4.78 is 27.0. The Hall–Kier alpha value is -2.98. The number of sulfonamides is 1. The van der Waals surface area contributed by atoms with E-state index in [0.717, 1.165) is 32.4 Å². The molecule has 0 atom stereocenters. The van der Waals surface area contributed by atoms with Gasteiger partial charge < -0.3 is 10.2 Å². The first-order valence-corrected chi connectivity index (χ1v) is 12.2. The minimum absolute atomic E-state index is 0.0781. The number of carbonyl (C=O) groups is 1. The predicted octanol–water partition coefficient (Wildman–Crippen LogP) is 3.87. The van der Waals surface area contributed by atoms with Crippen LogP contribution in [0.5, 0.6) is 0 Å². The van der Waals surface area contributed by atoms with E-state index < -0.39 is 20.9 Å². The number of piperidine rings is 1. The van der Waals surface area contributed by atoms with E-state index in [2.05, 4.69) is 10.2 Å². The summed E-state index contributed by atoms with van der Waals surface area (Å²) in [6.07, 6.45) is 3.09. The number of benzene rings is 2. The van der Waals surface area contributed by atoms with Crippen molar-refractivity contribution in [1.82, 2.24) is 4.31 Å². The van der Waals surface area contributed by atoms with Crippen molar-refractivity contribution in [2.45, 2.75) is 38.0 Å². The first kappa shape index (κ1) is 23.7. The average molecular weight is 461 g/mol. The molecule has 172 valence electrons. The van der Waals surface area contributed by atoms with Gasteiger partial charge in [-0.15, -0.1) is 0 Å². The van der Waals surface area contributed by atoms with Gasteiger partial charge in [0.25, 0.3) is 11.6 Å². The van der Waals surface area contributed by atoms with Crippen molar-refractivity contribution in [3.63, 3.8) is 0 Å². The number of rotatable bonds is 8. The number of non-ortho nitro benzene ring substituents is 1. The van der Waals surface area contributed by atoms with Gasteiger partial charge in [-0.1, -0.05) is 19.9 Å². The maximum atomic E-state index is 13.1. The van der Waals surface area contributed by atoms with Gasteiger partial charge >= 0.3 is 0 Å². The molecule has 0 bridgehead atoms. The fourth-order valence-electron chi connectivity index (χ4n) is 3.88. The molecule has 1 aliphatic rings. The number of nitro groups is 1. The number of anilines is 2. The summed E-state index contributed by atoms with van der Waals surface area (Å²) in [7, 11) is -3.68. The molecular formula is C22H28N4O5S. The monoisotopic (exact) mass is 460 g/mol. The Morgan fingerprint density at radius 2 is 1.78 bits per heavy atom. The van der Waals surface area contributed by atoms with Crippen LogP contribution >= 0.6 is 0 Å². The summed E-state index contributed by atoms with van der Waals surface area (Å²) in [5.41, 5.74) is 0.964. The number of amides is 1. The van der Waals surface area contributed by atoms with Crippen LogP contribution in [-0.4, -0.2) is 49.7 Å². The van der Waals surface area contributed by atoms with E-state index in [4.69, 9.17) is 0 Å². The zero-order valence-corrected chi connectivity index (χ0v) is 19.1. The van der Waals surface area contributed by atoms with E-state index in [9.17, 15) is 23.3 Å². The van der Waals surface area contributed by atoms with Crippen LogP contribution < -0.4 is 10.2 Å². The van der Waals surface area contributed by atoms with Crippen molar-refractivity contribution in [2.75, 3.05) is 36.4 Å². The average Bonchev–Trinajstić information content (AvgIpc) is 2.80. The van der Waals surface area contributed by atoms with Crippen LogP contribution in [0.2, 0.25) is 0 Å². The van der Waals surface area contributed by atoms with Crippen molar-refractivity contribution in [2.24, 2.45) is 0 Å². The molecule has 2 aromatic carbocycles. The van der Waals surface area contributed by atoms with Crippen molar-refractivity contribution in [3.8, 4) is 0 Å². The Morgan fingerprint density at radius 3 is 2.41 bits per heavy atom. The second kappa shape index (κ2) is 10.1. The third-order valence-corrected chi connectivity index (χ3v) is 7.61. The van der Waals surface area contributed by atoms with E-state index in [1.165, 1.54) is 28.6 Å². The minimum Gasteiger partial charge on any atom is -0.371 e. The quantitative estimate of drug-likeness (QED) is 0.473. The second-order valence-corrected chi connectivity index (χ2v) is 9.52. The highest BCUT2D eigenvalue weighted by atomic mass is 32.2. The number of hydrogen-bond acceptors (Lipinski definition) is 6. The lowest BCUT2D eigenvalue weighted by Gasteiger charge is -2.30. The van der Waals surface area contributed by atoms with Gasteiger partial charge in [-0.05, 0) is 43.5 Å². The molecule has 0 aliphatic carbocycles. The van der Waals surface area contributed by atoms with Crippen molar-refractivity contribution in [1.29, 1.82) is 0 Å². The van der Waals surface area contributed by atoms with Gasteiger partial charge in [0.15, 0.2) is 0 Å². The van der Waals surface area contributed by atoms with Crippen LogP contribution in [0.25, 0.3) is 0 Å². The van der Waals surface area contributed by atoms with Crippen LogP contribution in [-0.2, 0) is 10.0 Å². The van der Waals surface area contributed by atoms with Gasteiger partial charge in [-0.3, -0.25) is 14.9 Å². The maximum absolute atomic E-state index is 13.1. The summed E-state index contributed by atoms with van der Waals surface area (Å²) in [4.78, 5) is 26.0. The lowest BCUT2D eigenvalue weighted by atomic mass is 10.1. The molecule has 1 fully saturated rings. The Balaban J connectivity index is 1.93. The SMILES string of the molecule is CCN(CC)S(=O)(=O)c1cccc(NC(=O)c2cc([N+](=O)[O-])ccc2N2CCCCC2)c1. The topological polar surface area (TPSA) is 113 Å². The normalized spacial score (nSPS) is 14.4. The van der Waals surface area contributed by atoms with Crippen molar-refractivity contribution >= 4 is 33.0 Å². The summed E-state index contributed by atoms with van der Waals surface area (Å²) in [6, 6.07) is 10.3. The molecule has 0 saturated carbocycles. The zero-order valence-electron chi connectivity index (χ0n) is 18.3. The minimum atomic E-state index is -3.68. The van der Waals surface area contributed by atoms with Crippen molar-refractivity contribution < 1.29 is 18.1 Å². The van der Waals surface area contributed by atoms with Crippen LogP contribution in [0.1, 0.15) is 43.5 Å². The van der Waals surface area contributed by atoms with Crippen LogP contribution in [0.15, 0.2) is 47.4 Å². The van der Waals surface area contributed by atoms with Gasteiger partial charge in [0, 0.05) is 44.0 Å². The summed E-state index contributed by atoms with van der Waals surface area (Å²) >= 11 is 0. The van der Waals surface area contributed by atoms with Gasteiger partial charge in [0.05, 0.1) is 21.1 Å². The summed E-state index contributed by atoms with van der Waals surface area (Å²) in [5, 5.41) is 14.0. The van der Waals surface area contributed by atoms with Crippen molar-refractivity contribution in [3.05, 3.63) is 58.1 Å². The van der Waals surface area contributed by atoms with E-state index in [0.29, 0.717) is 24.5 Å². The zero-order chi connectivity index (χ0) is 23.3. The molecule has 32 heavy (non-hydrogen) atoms. The Labute approximate surface area is 188 Å². The molecule has 1 N–H and O–H groups in total. The molecule has 0 aromatic heterocycles. The fraction of sp³-hybridized carbons (Fsp3) is 0.409. The van der Waals surface area contributed by atoms with E-state index in [1.54, 1.807) is 32.0 Å². The Morgan fingerprint density at radius 1 is 1.09 bits per heavy atom. The van der Waals surface area contributed by atoms with Gasteiger partial charge in [0.1, 0.15) is 0 Å². The third kappa shape index (κ3) is 5.08. The molecule has 10 heteroatoms. The molecule has 1 aliphatic heterocycles. The lowest BCUT2D eigenvalue weighted by Crippen LogP contribution is -2.31. The molecule has 1 saturated heterocycles. The molecule has 3 rings (SSSR count). The number of nitrogens with zero attached hydrogens (tertiary/aromatic N) is 3. The largest absolute Gasteiger partial charge is 0.371 e. The highest BCUT2D eigenvalue weighted by Gasteiger charge is 2.24. The Kier molecular flexibility index (Phi) is 7.47. The van der Waals surface area contributed by atoms with Crippen LogP contribution in [0.4, 0.5) is 17.1 Å². The number of carbonyl (C=O) groups excluding carboxylic acids is 1. The highest BCUT2D eigenvalue weighted by molar-refractivity contribution is 7.89. The molecule has 0 radical (unpaired) electrons.